The molecule has 19 nitrogen and oxygen atoms in total. The summed E-state index contributed by atoms with van der Waals surface area (Å²) in [7, 11) is 0. The van der Waals surface area contributed by atoms with Crippen molar-refractivity contribution in [2.24, 2.45) is 0 Å². The highest BCUT2D eigenvalue weighted by molar-refractivity contribution is 5.76. The van der Waals surface area contributed by atoms with E-state index < -0.39 is 124 Å². The topological polar surface area (TPSA) is 307 Å². The molecule has 3 aliphatic heterocycles. The molecular weight excluding hydrogens is 1200 g/mol. The third-order valence-electron chi connectivity index (χ3n) is 19.5. The summed E-state index contributed by atoms with van der Waals surface area (Å²) in [6.07, 6.45) is 41.0. The lowest BCUT2D eigenvalue weighted by atomic mass is 9.96. The average molecular weight is 1340 g/mol. The molecule has 17 atom stereocenters. The van der Waals surface area contributed by atoms with Gasteiger partial charge in [0.25, 0.3) is 0 Å². The van der Waals surface area contributed by atoms with Crippen molar-refractivity contribution in [2.45, 2.75) is 420 Å². The third-order valence-corrected chi connectivity index (χ3v) is 19.5. The summed E-state index contributed by atoms with van der Waals surface area (Å²) in [4.78, 5) is 13.4. The van der Waals surface area contributed by atoms with Crippen molar-refractivity contribution in [3.05, 3.63) is 24.3 Å². The first-order valence-electron chi connectivity index (χ1n) is 38.6. The van der Waals surface area contributed by atoms with Crippen LogP contribution in [0.3, 0.4) is 0 Å². The minimum Gasteiger partial charge on any atom is -0.394 e. The van der Waals surface area contributed by atoms with Crippen LogP contribution >= 0.6 is 0 Å². The van der Waals surface area contributed by atoms with Crippen molar-refractivity contribution >= 4 is 5.91 Å². The second-order valence-electron chi connectivity index (χ2n) is 27.8. The Bertz CT molecular complexity index is 1800. The molecule has 3 rings (SSSR count). The van der Waals surface area contributed by atoms with Gasteiger partial charge in [0, 0.05) is 6.42 Å². The lowest BCUT2D eigenvalue weighted by Gasteiger charge is -2.48. The first-order valence-corrected chi connectivity index (χ1v) is 38.6. The van der Waals surface area contributed by atoms with Gasteiger partial charge in [-0.3, -0.25) is 4.79 Å². The minimum absolute atomic E-state index is 0.240. The first-order chi connectivity index (χ1) is 45.8. The molecule has 554 valence electrons. The molecule has 19 heteroatoms. The molecule has 0 saturated carbocycles. The lowest BCUT2D eigenvalue weighted by molar-refractivity contribution is -0.379. The lowest BCUT2D eigenvalue weighted by Crippen LogP contribution is -2.66. The molecule has 3 heterocycles. The van der Waals surface area contributed by atoms with Crippen molar-refractivity contribution in [2.75, 3.05) is 26.4 Å². The van der Waals surface area contributed by atoms with Crippen LogP contribution in [0.2, 0.25) is 0 Å². The van der Waals surface area contributed by atoms with Crippen molar-refractivity contribution in [1.82, 2.24) is 5.32 Å². The fourth-order valence-corrected chi connectivity index (χ4v) is 13.3. The number of nitrogens with one attached hydrogen (secondary N) is 1. The zero-order valence-electron chi connectivity index (χ0n) is 59.0. The number of carbonyl (C=O) groups excluding carboxylic acids is 1. The number of hydrogen-bond donors (Lipinski definition) is 12. The summed E-state index contributed by atoms with van der Waals surface area (Å²) >= 11 is 0. The Balaban J connectivity index is 1.25. The molecular formula is C75H141NO18. The van der Waals surface area contributed by atoms with Gasteiger partial charge in [0.15, 0.2) is 18.9 Å². The molecule has 1 amide bonds. The maximum Gasteiger partial charge on any atom is 0.220 e. The van der Waals surface area contributed by atoms with Gasteiger partial charge < -0.3 is 89.9 Å². The maximum absolute atomic E-state index is 13.4. The Labute approximate surface area is 568 Å². The van der Waals surface area contributed by atoms with E-state index in [9.17, 15) is 61.0 Å². The van der Waals surface area contributed by atoms with E-state index >= 15 is 0 Å². The summed E-state index contributed by atoms with van der Waals surface area (Å²) in [5.74, 6) is -0.282. The summed E-state index contributed by atoms with van der Waals surface area (Å²) in [5, 5.41) is 120. The minimum atomic E-state index is -1.98. The van der Waals surface area contributed by atoms with Gasteiger partial charge >= 0.3 is 0 Å². The quantitative estimate of drug-likeness (QED) is 0.0199. The fourth-order valence-electron chi connectivity index (χ4n) is 13.3. The van der Waals surface area contributed by atoms with E-state index in [1.807, 2.05) is 6.08 Å². The van der Waals surface area contributed by atoms with Gasteiger partial charge in [-0.15, -0.1) is 0 Å². The zero-order valence-corrected chi connectivity index (χ0v) is 59.0. The van der Waals surface area contributed by atoms with E-state index in [-0.39, 0.29) is 18.9 Å². The van der Waals surface area contributed by atoms with Crippen LogP contribution in [0, 0.1) is 0 Å². The monoisotopic (exact) mass is 1340 g/mol. The highest BCUT2D eigenvalue weighted by Gasteiger charge is 2.53. The number of unbranched alkanes of at least 4 members (excludes halogenated alkanes) is 43. The van der Waals surface area contributed by atoms with Gasteiger partial charge in [-0.1, -0.05) is 301 Å². The molecule has 3 fully saturated rings. The molecule has 0 bridgehead atoms. The smallest absolute Gasteiger partial charge is 0.220 e. The van der Waals surface area contributed by atoms with Crippen molar-refractivity contribution < 1.29 is 89.4 Å². The van der Waals surface area contributed by atoms with Crippen LogP contribution in [0.4, 0.5) is 0 Å². The Morgan fingerprint density at radius 1 is 0.372 bits per heavy atom. The predicted octanol–water partition coefficient (Wildman–Crippen LogP) is 11.8. The van der Waals surface area contributed by atoms with E-state index in [2.05, 4.69) is 31.3 Å². The van der Waals surface area contributed by atoms with Crippen LogP contribution in [-0.2, 0) is 33.2 Å². The first kappa shape index (κ1) is 86.5. The van der Waals surface area contributed by atoms with Crippen LogP contribution in [0.25, 0.3) is 0 Å². The van der Waals surface area contributed by atoms with Crippen molar-refractivity contribution in [3.63, 3.8) is 0 Å². The second-order valence-corrected chi connectivity index (χ2v) is 27.8. The highest BCUT2D eigenvalue weighted by atomic mass is 16.8. The number of carbonyl (C=O) groups is 1. The Hall–Kier alpha value is -1.73. The van der Waals surface area contributed by atoms with Gasteiger partial charge in [0.05, 0.1) is 38.6 Å². The van der Waals surface area contributed by atoms with E-state index in [4.69, 9.17) is 28.4 Å². The molecule has 0 aliphatic carbocycles. The summed E-state index contributed by atoms with van der Waals surface area (Å²) < 4.78 is 34.3. The van der Waals surface area contributed by atoms with Crippen LogP contribution in [-0.4, -0.2) is 193 Å². The molecule has 94 heavy (non-hydrogen) atoms. The number of ether oxygens (including phenoxy) is 6. The average Bonchev–Trinajstić information content (AvgIpc) is 0.787. The normalized spacial score (nSPS) is 27.4. The number of rotatable bonds is 61. The van der Waals surface area contributed by atoms with Crippen LogP contribution < -0.4 is 5.32 Å². The predicted molar refractivity (Wildman–Crippen MR) is 370 cm³/mol. The largest absolute Gasteiger partial charge is 0.394 e. The van der Waals surface area contributed by atoms with Gasteiger partial charge in [-0.2, -0.15) is 0 Å². The van der Waals surface area contributed by atoms with E-state index in [1.54, 1.807) is 6.08 Å². The number of aliphatic hydroxyl groups is 11. The molecule has 0 aromatic rings. The molecule has 0 radical (unpaired) electrons. The number of hydrogen-bond acceptors (Lipinski definition) is 18. The SMILES string of the molecule is CCCCCC/C=C/CC/C=C/C(O)C(COC1OC(CO)C(OC2OC(CO)C(OC3OC(CO)C(O)C(O)C3O)C(O)C2O)C(O)C1O)NC(=O)CCCCCCCCCCCCCCCCCCCCCCCCCCCCCCCCCCCCCCCCC. The van der Waals surface area contributed by atoms with E-state index in [0.717, 1.165) is 38.5 Å². The Morgan fingerprint density at radius 2 is 0.681 bits per heavy atom. The van der Waals surface area contributed by atoms with Gasteiger partial charge in [0.2, 0.25) is 5.91 Å². The number of allylic oxidation sites excluding steroid dienone is 3. The molecule has 0 aromatic carbocycles. The summed E-state index contributed by atoms with van der Waals surface area (Å²) in [5.41, 5.74) is 0. The van der Waals surface area contributed by atoms with Crippen molar-refractivity contribution in [1.29, 1.82) is 0 Å². The zero-order chi connectivity index (χ0) is 68.2. The summed E-state index contributed by atoms with van der Waals surface area (Å²) in [6.45, 7) is 1.70. The standard InChI is InChI=1S/C75H141NO18/c1-3-5-7-9-11-13-15-16-17-18-19-20-21-22-23-24-25-26-27-28-29-30-31-32-33-34-35-36-37-38-39-40-41-42-43-45-47-49-51-53-63(81)76-58(59(80)52-50-48-46-44-14-12-10-8-6-4-2)57-89-73-69(87)66(84)71(61(55-78)91-73)94-75-70(88)67(85)72(62(56-79)92-75)93-74-68(86)65(83)64(82)60(54-77)90-74/h14,44,50,52,58-62,64-75,77-80,82-88H,3-13,15-43,45-49,51,53-57H2,1-2H3,(H,76,81)/b44-14+,52-50+. The molecule has 3 saturated heterocycles. The second kappa shape index (κ2) is 57.0. The van der Waals surface area contributed by atoms with Crippen LogP contribution in [0.15, 0.2) is 24.3 Å². The fraction of sp³-hybridized carbons (Fsp3) is 0.933. The van der Waals surface area contributed by atoms with Gasteiger partial charge in [-0.05, 0) is 32.1 Å². The molecule has 17 unspecified atom stereocenters. The molecule has 12 N–H and O–H groups in total. The summed E-state index contributed by atoms with van der Waals surface area (Å²) in [6, 6.07) is -0.985. The highest BCUT2D eigenvalue weighted by Crippen LogP contribution is 2.33. The number of aliphatic hydroxyl groups excluding tert-OH is 11. The molecule has 0 spiro atoms. The Morgan fingerprint density at radius 3 is 1.06 bits per heavy atom. The van der Waals surface area contributed by atoms with Crippen LogP contribution in [0.1, 0.15) is 316 Å². The molecule has 3 aliphatic rings. The number of amides is 1. The van der Waals surface area contributed by atoms with E-state index in [0.29, 0.717) is 12.8 Å². The van der Waals surface area contributed by atoms with Gasteiger partial charge in [-0.25, -0.2) is 0 Å². The van der Waals surface area contributed by atoms with Gasteiger partial charge in [0.1, 0.15) is 73.2 Å². The third kappa shape index (κ3) is 37.6. The maximum atomic E-state index is 13.4. The van der Waals surface area contributed by atoms with E-state index in [1.165, 1.54) is 244 Å². The Kier molecular flexibility index (Phi) is 52.4. The van der Waals surface area contributed by atoms with Crippen molar-refractivity contribution in [3.8, 4) is 0 Å². The molecule has 0 aromatic heterocycles. The van der Waals surface area contributed by atoms with Crippen LogP contribution in [0.5, 0.6) is 0 Å².